The lowest BCUT2D eigenvalue weighted by Gasteiger charge is -2.08. The number of benzene rings is 1. The van der Waals surface area contributed by atoms with Gasteiger partial charge in [0.2, 0.25) is 5.96 Å². The molecule has 0 aliphatic carbocycles. The van der Waals surface area contributed by atoms with E-state index in [2.05, 4.69) is 15.6 Å². The fourth-order valence-corrected chi connectivity index (χ4v) is 3.13. The lowest BCUT2D eigenvalue weighted by molar-refractivity contribution is -0.727. The number of hydrogen-bond donors (Lipinski definition) is 2. The molecule has 0 aliphatic rings. The van der Waals surface area contributed by atoms with E-state index < -0.39 is 6.16 Å². The molecule has 0 saturated carbocycles. The van der Waals surface area contributed by atoms with Crippen LogP contribution in [0.5, 0.6) is 5.75 Å². The van der Waals surface area contributed by atoms with Crippen LogP contribution in [0.1, 0.15) is 25.7 Å². The Morgan fingerprint density at radius 2 is 1.69 bits per heavy atom. The number of anilines is 1. The van der Waals surface area contributed by atoms with Crippen molar-refractivity contribution in [3.63, 3.8) is 0 Å². The second-order valence-electron chi connectivity index (χ2n) is 7.89. The van der Waals surface area contributed by atoms with E-state index in [9.17, 15) is 4.79 Å². The summed E-state index contributed by atoms with van der Waals surface area (Å²) in [6.45, 7) is 2.51. The molecule has 0 aliphatic heterocycles. The second-order valence-corrected chi connectivity index (χ2v) is 8.32. The molecule has 214 valence electrons. The van der Waals surface area contributed by atoms with Gasteiger partial charge in [0.15, 0.2) is 18.6 Å². The second kappa shape index (κ2) is 21.6. The summed E-state index contributed by atoms with van der Waals surface area (Å²) in [7, 11) is 1.58. The van der Waals surface area contributed by atoms with E-state index in [1.165, 1.54) is 0 Å². The number of ether oxygens (including phenoxy) is 5. The number of guanidine groups is 1. The van der Waals surface area contributed by atoms with Crippen molar-refractivity contribution in [2.24, 2.45) is 4.99 Å². The topological polar surface area (TPSA) is 127 Å². The van der Waals surface area contributed by atoms with Gasteiger partial charge in [-0.2, -0.15) is 9.83 Å². The first-order chi connectivity index (χ1) is 18.6. The van der Waals surface area contributed by atoms with Gasteiger partial charge in [-0.1, -0.05) is 18.0 Å². The monoisotopic (exact) mass is 583 g/mol. The molecule has 2 aromatic rings. The van der Waals surface area contributed by atoms with Crippen LogP contribution in [0.2, 0.25) is 5.02 Å². The minimum atomic E-state index is -0.781. The molecule has 2 N–H and O–H groups in total. The van der Waals surface area contributed by atoms with Crippen LogP contribution in [-0.2, 0) is 25.7 Å². The van der Waals surface area contributed by atoms with Gasteiger partial charge in [-0.15, -0.1) is 0 Å². The summed E-state index contributed by atoms with van der Waals surface area (Å²) >= 11 is 5.87. The smallest absolute Gasteiger partial charge is 0.513 e. The highest BCUT2D eigenvalue weighted by Crippen LogP contribution is 2.16. The van der Waals surface area contributed by atoms with Crippen molar-refractivity contribution in [2.45, 2.75) is 32.4 Å². The van der Waals surface area contributed by atoms with E-state index in [1.54, 1.807) is 48.3 Å². The van der Waals surface area contributed by atoms with Gasteiger partial charge in [-0.3, -0.25) is 10.3 Å². The highest BCUT2D eigenvalue weighted by Gasteiger charge is 2.09. The van der Waals surface area contributed by atoms with Crippen LogP contribution in [0.4, 0.5) is 10.5 Å². The fraction of sp³-hybridized carbons (Fsp3) is 0.462. The Bertz CT molecular complexity index is 1000. The third-order valence-corrected chi connectivity index (χ3v) is 5.20. The van der Waals surface area contributed by atoms with E-state index in [1.807, 2.05) is 18.3 Å². The predicted molar refractivity (Wildman–Crippen MR) is 142 cm³/mol. The molecule has 0 radical (unpaired) electrons. The van der Waals surface area contributed by atoms with E-state index in [0.29, 0.717) is 37.3 Å². The Labute approximate surface area is 240 Å². The molecule has 0 saturated heterocycles. The molecule has 1 aromatic carbocycles. The molecule has 2 rings (SSSR count). The van der Waals surface area contributed by atoms with Crippen LogP contribution in [0.15, 0.2) is 53.8 Å². The zero-order chi connectivity index (χ0) is 27.3. The number of rotatable bonds is 17. The number of nitrogens with zero attached hydrogens (tertiary/aromatic N) is 3. The van der Waals surface area contributed by atoms with Crippen LogP contribution in [0.25, 0.3) is 0 Å². The number of carbonyl (C=O) groups excluding carboxylic acids is 1. The SMILES string of the molecule is COCCOCCOC(=O)OC[n+]1ccc(N/C(=N\CCCCCCOc2ccc(Cl)cc2)NC#N)cc1.[Cl-]. The summed E-state index contributed by atoms with van der Waals surface area (Å²) in [4.78, 5) is 16.1. The number of halogens is 2. The third-order valence-electron chi connectivity index (χ3n) is 4.94. The van der Waals surface area contributed by atoms with Gasteiger partial charge in [0.25, 0.3) is 6.73 Å². The highest BCUT2D eigenvalue weighted by molar-refractivity contribution is 6.30. The van der Waals surface area contributed by atoms with Gasteiger partial charge in [-0.05, 0) is 43.5 Å². The molecular formula is C26H35Cl2N5O6. The van der Waals surface area contributed by atoms with Crippen molar-refractivity contribution in [3.8, 4) is 11.9 Å². The normalized spacial score (nSPS) is 10.6. The average molecular weight is 585 g/mol. The van der Waals surface area contributed by atoms with Crippen LogP contribution in [0.3, 0.4) is 0 Å². The number of aromatic nitrogens is 1. The Morgan fingerprint density at radius 1 is 0.974 bits per heavy atom. The Balaban J connectivity index is 0.00000760. The first kappa shape index (κ1) is 33.7. The summed E-state index contributed by atoms with van der Waals surface area (Å²) in [5.74, 6) is 1.18. The molecular weight excluding hydrogens is 549 g/mol. The summed E-state index contributed by atoms with van der Waals surface area (Å²) in [6, 6.07) is 10.9. The number of nitrogens with one attached hydrogen (secondary N) is 2. The lowest BCUT2D eigenvalue weighted by Crippen LogP contribution is -3.00. The van der Waals surface area contributed by atoms with Gasteiger partial charge < -0.3 is 41.4 Å². The number of unbranched alkanes of at least 4 members (excludes halogenated alkanes) is 3. The number of hydrogen-bond acceptors (Lipinski definition) is 8. The van der Waals surface area contributed by atoms with E-state index in [0.717, 1.165) is 37.1 Å². The maximum absolute atomic E-state index is 11.6. The maximum atomic E-state index is 11.6. The number of nitriles is 1. The standard InChI is InChI=1S/C26H34ClN5O6.ClH/c1-34-16-17-35-18-19-37-26(33)38-21-32-13-10-23(11-14-32)31-25(30-20-28)29-12-4-2-3-5-15-36-24-8-6-22(27)7-9-24;/h6-11,13-14H,2-5,12,15-19,21H2,1H3,(H,29,30);1H. The van der Waals surface area contributed by atoms with Crippen molar-refractivity contribution < 1.29 is 45.5 Å². The van der Waals surface area contributed by atoms with Crippen molar-refractivity contribution in [1.29, 1.82) is 5.26 Å². The van der Waals surface area contributed by atoms with Gasteiger partial charge >= 0.3 is 6.16 Å². The molecule has 1 aromatic heterocycles. The van der Waals surface area contributed by atoms with Crippen molar-refractivity contribution in [1.82, 2.24) is 5.32 Å². The zero-order valence-corrected chi connectivity index (χ0v) is 23.5. The van der Waals surface area contributed by atoms with Crippen LogP contribution in [-0.4, -0.2) is 58.8 Å². The summed E-state index contributed by atoms with van der Waals surface area (Å²) < 4.78 is 27.4. The average Bonchev–Trinajstić information content (AvgIpc) is 2.92. The summed E-state index contributed by atoms with van der Waals surface area (Å²) in [6.07, 6.45) is 8.41. The number of pyridine rings is 1. The fourth-order valence-electron chi connectivity index (χ4n) is 3.00. The molecule has 0 amide bonds. The minimum absolute atomic E-state index is 0. The molecule has 1 heterocycles. The Morgan fingerprint density at radius 3 is 2.41 bits per heavy atom. The Kier molecular flexibility index (Phi) is 18.7. The van der Waals surface area contributed by atoms with Crippen molar-refractivity contribution >= 4 is 29.4 Å². The van der Waals surface area contributed by atoms with Crippen molar-refractivity contribution in [3.05, 3.63) is 53.8 Å². The molecule has 0 bridgehead atoms. The molecule has 0 spiro atoms. The van der Waals surface area contributed by atoms with Gasteiger partial charge in [0.05, 0.1) is 32.1 Å². The Hall–Kier alpha value is -3.30. The van der Waals surface area contributed by atoms with Gasteiger partial charge in [-0.25, -0.2) is 4.79 Å². The van der Waals surface area contributed by atoms with Crippen LogP contribution < -0.4 is 32.3 Å². The lowest BCUT2D eigenvalue weighted by atomic mass is 10.2. The van der Waals surface area contributed by atoms with Crippen molar-refractivity contribution in [2.75, 3.05) is 52.0 Å². The largest absolute Gasteiger partial charge is 1.00 e. The molecule has 11 nitrogen and oxygen atoms in total. The number of methoxy groups -OCH3 is 1. The number of aliphatic imine (C=N–C) groups is 1. The van der Waals surface area contributed by atoms with Gasteiger partial charge in [0, 0.05) is 30.8 Å². The first-order valence-corrected chi connectivity index (χ1v) is 12.7. The third kappa shape index (κ3) is 16.3. The van der Waals surface area contributed by atoms with Crippen LogP contribution in [0, 0.1) is 11.5 Å². The molecule has 0 unspecified atom stereocenters. The molecule has 39 heavy (non-hydrogen) atoms. The van der Waals surface area contributed by atoms with Crippen LogP contribution >= 0.6 is 11.6 Å². The van der Waals surface area contributed by atoms with E-state index in [4.69, 9.17) is 40.5 Å². The van der Waals surface area contributed by atoms with E-state index in [-0.39, 0.29) is 32.4 Å². The minimum Gasteiger partial charge on any atom is -1.00 e. The summed E-state index contributed by atoms with van der Waals surface area (Å²) in [5.41, 5.74) is 0.720. The molecule has 0 atom stereocenters. The summed E-state index contributed by atoms with van der Waals surface area (Å²) in [5, 5.41) is 15.3. The van der Waals surface area contributed by atoms with Gasteiger partial charge in [0.1, 0.15) is 12.4 Å². The first-order valence-electron chi connectivity index (χ1n) is 12.3. The quantitative estimate of drug-likeness (QED) is 0.0530. The number of carbonyl (C=O) groups is 1. The maximum Gasteiger partial charge on any atom is 0.513 e. The molecule has 0 fully saturated rings. The van der Waals surface area contributed by atoms with E-state index >= 15 is 0 Å². The molecule has 13 heteroatoms. The zero-order valence-electron chi connectivity index (χ0n) is 21.9. The predicted octanol–water partition coefficient (Wildman–Crippen LogP) is 0.883. The highest BCUT2D eigenvalue weighted by atomic mass is 35.5.